The van der Waals surface area contributed by atoms with E-state index in [-0.39, 0.29) is 24.1 Å². The zero-order valence-electron chi connectivity index (χ0n) is 37.6. The molecule has 16 heteroatoms. The van der Waals surface area contributed by atoms with Crippen molar-refractivity contribution in [3.63, 3.8) is 0 Å². The van der Waals surface area contributed by atoms with Gasteiger partial charge in [0.2, 0.25) is 12.3 Å². The maximum Gasteiger partial charge on any atom is 0.271 e. The number of amides is 3. The van der Waals surface area contributed by atoms with Gasteiger partial charge in [-0.25, -0.2) is 9.97 Å². The molecule has 3 aliphatic heterocycles. The third-order valence-electron chi connectivity index (χ3n) is 13.0. The van der Waals surface area contributed by atoms with Gasteiger partial charge in [-0.15, -0.1) is 0 Å². The standard InChI is InChI=1S/C48H63N11O5/c1-50-48(63)41(12-8-26-60)44(54-64-4)40-17-18-42(39-11-6-5-10-38(39)40)59-29-33(30-59)28-56-22-19-35(20-23-56)34-13-15-36(16-14-34)52-47-45(46(49)62)51-27-43(53-47)57-21-7-9-37(31-57)58(32-61)25-24-55(2)3/h5-6,10-11,13-18,26-27,32-33,35,37,41H,7-9,12,19-25,28-31H2,1-4H3,(H2,49,62)(H,50,63)(H,52,53)/b54-44+. The zero-order valence-corrected chi connectivity index (χ0v) is 37.6. The molecule has 2 unspecified atom stereocenters. The first-order valence-electron chi connectivity index (χ1n) is 22.5. The van der Waals surface area contributed by atoms with Crippen LogP contribution in [0.5, 0.6) is 0 Å². The number of likely N-dealkylation sites (tertiary alicyclic amines) is 1. The summed E-state index contributed by atoms with van der Waals surface area (Å²) in [6, 6.07) is 20.8. The number of nitrogens with two attached hydrogens (primary N) is 1. The number of carbonyl (C=O) groups excluding carboxylic acids is 4. The number of fused-ring (bicyclic) bond motifs is 1. The van der Waals surface area contributed by atoms with Crippen molar-refractivity contribution in [1.29, 1.82) is 0 Å². The van der Waals surface area contributed by atoms with Crippen molar-refractivity contribution in [2.24, 2.45) is 22.7 Å². The number of hydrogen-bond acceptors (Lipinski definition) is 13. The van der Waals surface area contributed by atoms with Gasteiger partial charge >= 0.3 is 0 Å². The highest BCUT2D eigenvalue weighted by Crippen LogP contribution is 2.37. The van der Waals surface area contributed by atoms with Crippen molar-refractivity contribution in [1.82, 2.24) is 30.0 Å². The highest BCUT2D eigenvalue weighted by molar-refractivity contribution is 6.20. The number of aldehydes is 1. The van der Waals surface area contributed by atoms with Gasteiger partial charge in [0.25, 0.3) is 5.91 Å². The lowest BCUT2D eigenvalue weighted by atomic mass is 9.87. The Morgan fingerprint density at radius 3 is 2.38 bits per heavy atom. The topological polar surface area (TPSA) is 182 Å². The molecule has 16 nitrogen and oxygen atoms in total. The molecule has 4 N–H and O–H groups in total. The number of aromatic nitrogens is 2. The second-order valence-electron chi connectivity index (χ2n) is 17.5. The van der Waals surface area contributed by atoms with Gasteiger partial charge in [0.1, 0.15) is 19.2 Å². The summed E-state index contributed by atoms with van der Waals surface area (Å²) in [6.07, 6.45) is 7.94. The van der Waals surface area contributed by atoms with Crippen molar-refractivity contribution < 1.29 is 24.0 Å². The van der Waals surface area contributed by atoms with Gasteiger partial charge in [0.05, 0.1) is 17.8 Å². The molecule has 340 valence electrons. The predicted molar refractivity (Wildman–Crippen MR) is 251 cm³/mol. The van der Waals surface area contributed by atoms with E-state index in [4.69, 9.17) is 15.6 Å². The summed E-state index contributed by atoms with van der Waals surface area (Å²) < 4.78 is 0. The zero-order chi connectivity index (χ0) is 45.2. The Balaban J connectivity index is 0.930. The fraction of sp³-hybridized carbons (Fsp3) is 0.479. The van der Waals surface area contributed by atoms with E-state index in [0.29, 0.717) is 48.7 Å². The van der Waals surface area contributed by atoms with E-state index in [9.17, 15) is 19.2 Å². The van der Waals surface area contributed by atoms with Crippen molar-refractivity contribution in [2.45, 2.75) is 50.5 Å². The minimum absolute atomic E-state index is 0.0661. The molecule has 3 aromatic carbocycles. The quantitative estimate of drug-likeness (QED) is 0.0645. The van der Waals surface area contributed by atoms with Crippen molar-refractivity contribution in [3.05, 3.63) is 83.7 Å². The van der Waals surface area contributed by atoms with Crippen molar-refractivity contribution in [3.8, 4) is 0 Å². The summed E-state index contributed by atoms with van der Waals surface area (Å²) >= 11 is 0. The normalized spacial score (nSPS) is 18.1. The Hall–Kier alpha value is -6.13. The van der Waals surface area contributed by atoms with Crippen LogP contribution in [0.2, 0.25) is 0 Å². The van der Waals surface area contributed by atoms with Gasteiger partial charge in [-0.2, -0.15) is 0 Å². The molecule has 0 radical (unpaired) electrons. The number of rotatable bonds is 20. The number of likely N-dealkylation sites (N-methyl/N-ethyl adjacent to an activating group) is 1. The Bertz CT molecular complexity index is 2270. The van der Waals surface area contributed by atoms with E-state index in [2.05, 4.69) is 70.7 Å². The van der Waals surface area contributed by atoms with Crippen LogP contribution in [0.3, 0.4) is 0 Å². The van der Waals surface area contributed by atoms with Crippen LogP contribution in [0.1, 0.15) is 66.1 Å². The fourth-order valence-corrected chi connectivity index (χ4v) is 9.52. The van der Waals surface area contributed by atoms with Crippen LogP contribution >= 0.6 is 0 Å². The summed E-state index contributed by atoms with van der Waals surface area (Å²) in [5.41, 5.74) is 10.4. The number of primary amides is 1. The maximum absolute atomic E-state index is 13.0. The first kappa shape index (κ1) is 45.9. The molecule has 1 aromatic heterocycles. The average Bonchev–Trinajstić information content (AvgIpc) is 3.30. The SMILES string of the molecule is CNC(=O)C(CCC=O)/C(=N/OC)c1ccc(N2CC(CN3CCC(c4ccc(Nc5nc(N6CCCC(N(C=O)CCN(C)C)C6)cnc5C(N)=O)cc4)CC3)C2)c2ccccc12. The lowest BCUT2D eigenvalue weighted by Crippen LogP contribution is -2.52. The van der Waals surface area contributed by atoms with Crippen LogP contribution in [0.4, 0.5) is 23.0 Å². The summed E-state index contributed by atoms with van der Waals surface area (Å²) in [4.78, 5) is 74.2. The van der Waals surface area contributed by atoms with Crippen LogP contribution in [0.15, 0.2) is 72.0 Å². The van der Waals surface area contributed by atoms with E-state index in [0.717, 1.165) is 112 Å². The largest absolute Gasteiger partial charge is 0.399 e. The van der Waals surface area contributed by atoms with Gasteiger partial charge in [-0.05, 0) is 94.4 Å². The second kappa shape index (κ2) is 21.5. The van der Waals surface area contributed by atoms with Crippen molar-refractivity contribution in [2.75, 3.05) is 102 Å². The monoisotopic (exact) mass is 874 g/mol. The maximum atomic E-state index is 13.0. The molecule has 4 aromatic rings. The first-order valence-corrected chi connectivity index (χ1v) is 22.5. The molecule has 0 saturated carbocycles. The second-order valence-corrected chi connectivity index (χ2v) is 17.5. The molecular formula is C48H63N11O5. The lowest BCUT2D eigenvalue weighted by Gasteiger charge is -2.45. The molecule has 0 bridgehead atoms. The van der Waals surface area contributed by atoms with E-state index >= 15 is 0 Å². The summed E-state index contributed by atoms with van der Waals surface area (Å²) in [5, 5.41) is 12.5. The van der Waals surface area contributed by atoms with Crippen LogP contribution in [0.25, 0.3) is 10.8 Å². The third kappa shape index (κ3) is 10.8. The Labute approximate surface area is 376 Å². The van der Waals surface area contributed by atoms with E-state index in [1.165, 1.54) is 12.7 Å². The number of nitrogens with one attached hydrogen (secondary N) is 2. The molecule has 0 spiro atoms. The minimum atomic E-state index is -0.654. The highest BCUT2D eigenvalue weighted by atomic mass is 16.6. The minimum Gasteiger partial charge on any atom is -0.399 e. The number of carbonyl (C=O) groups is 4. The molecule has 0 aliphatic carbocycles. The van der Waals surface area contributed by atoms with E-state index in [1.54, 1.807) is 13.2 Å². The van der Waals surface area contributed by atoms with Gasteiger partial charge in [0.15, 0.2) is 11.5 Å². The van der Waals surface area contributed by atoms with Gasteiger partial charge in [0, 0.05) is 93.6 Å². The summed E-state index contributed by atoms with van der Waals surface area (Å²) in [6.45, 7) is 7.94. The molecular weight excluding hydrogens is 811 g/mol. The summed E-state index contributed by atoms with van der Waals surface area (Å²) in [7, 11) is 7.07. The van der Waals surface area contributed by atoms with Gasteiger partial charge in [-0.1, -0.05) is 47.6 Å². The Morgan fingerprint density at radius 2 is 1.70 bits per heavy atom. The number of anilines is 4. The van der Waals surface area contributed by atoms with Crippen LogP contribution in [-0.2, 0) is 19.2 Å². The molecule has 4 heterocycles. The van der Waals surface area contributed by atoms with Crippen molar-refractivity contribution >= 4 is 64.0 Å². The number of oxime groups is 1. The van der Waals surface area contributed by atoms with Crippen LogP contribution in [0, 0.1) is 11.8 Å². The number of hydrogen-bond donors (Lipinski definition) is 3. The molecule has 3 amide bonds. The molecule has 2 atom stereocenters. The van der Waals surface area contributed by atoms with E-state index < -0.39 is 11.8 Å². The molecule has 7 rings (SSSR count). The molecule has 3 aliphatic rings. The molecule has 64 heavy (non-hydrogen) atoms. The van der Waals surface area contributed by atoms with Crippen LogP contribution < -0.4 is 26.2 Å². The van der Waals surface area contributed by atoms with Gasteiger partial charge < -0.3 is 50.5 Å². The lowest BCUT2D eigenvalue weighted by molar-refractivity contribution is -0.123. The number of piperidine rings is 2. The number of nitrogens with zero attached hydrogens (tertiary/aromatic N) is 8. The number of benzene rings is 3. The highest BCUT2D eigenvalue weighted by Gasteiger charge is 2.33. The average molecular weight is 874 g/mol. The Kier molecular flexibility index (Phi) is 15.4. The fourth-order valence-electron chi connectivity index (χ4n) is 9.52. The molecule has 3 saturated heterocycles. The predicted octanol–water partition coefficient (Wildman–Crippen LogP) is 4.47. The first-order chi connectivity index (χ1) is 31.1. The van der Waals surface area contributed by atoms with Gasteiger partial charge in [-0.3, -0.25) is 14.4 Å². The Morgan fingerprint density at radius 1 is 0.953 bits per heavy atom. The summed E-state index contributed by atoms with van der Waals surface area (Å²) in [5.74, 6) is 0.499. The third-order valence-corrected chi connectivity index (χ3v) is 13.0. The molecule has 3 fully saturated rings. The van der Waals surface area contributed by atoms with E-state index in [1.807, 2.05) is 49.3 Å². The smallest absolute Gasteiger partial charge is 0.271 e. The van der Waals surface area contributed by atoms with Crippen LogP contribution in [-0.4, -0.2) is 148 Å².